The highest BCUT2D eigenvalue weighted by Gasteiger charge is 2.19. The van der Waals surface area contributed by atoms with Gasteiger partial charge in [-0.25, -0.2) is 0 Å². The molecule has 0 unspecified atom stereocenters. The first-order chi connectivity index (χ1) is 8.76. The van der Waals surface area contributed by atoms with Crippen LogP contribution in [-0.4, -0.2) is 44.1 Å². The fraction of sp³-hybridized carbons (Fsp3) is 0.500. The van der Waals surface area contributed by atoms with Crippen LogP contribution in [-0.2, 0) is 0 Å². The zero-order chi connectivity index (χ0) is 13.0. The Balaban J connectivity index is 2.34. The van der Waals surface area contributed by atoms with E-state index in [0.717, 1.165) is 36.0 Å². The molecule has 98 valence electrons. The van der Waals surface area contributed by atoms with Crippen LogP contribution >= 0.6 is 0 Å². The molecule has 4 heteroatoms. The predicted molar refractivity (Wildman–Crippen MR) is 72.8 cm³/mol. The Hall–Kier alpha value is -1.71. The molecule has 0 N–H and O–H groups in total. The standard InChI is InChI=1S/C14H20N2O2/c1-4-17-11-6-7-12(13(10-11)18-5-2)14-15-8-9-16(14)3/h6-7,10H,4-5,8-9H2,1-3H3. The SMILES string of the molecule is CCOc1ccc(C2=NCCN2C)c(OCC)c1. The molecule has 0 spiro atoms. The van der Waals surface area contributed by atoms with Crippen LogP contribution < -0.4 is 9.47 Å². The minimum absolute atomic E-state index is 0.638. The lowest BCUT2D eigenvalue weighted by Crippen LogP contribution is -2.24. The van der Waals surface area contributed by atoms with Crippen molar-refractivity contribution in [2.24, 2.45) is 4.99 Å². The number of benzene rings is 1. The van der Waals surface area contributed by atoms with Gasteiger partial charge >= 0.3 is 0 Å². The second kappa shape index (κ2) is 5.76. The highest BCUT2D eigenvalue weighted by atomic mass is 16.5. The number of ether oxygens (including phenoxy) is 2. The van der Waals surface area contributed by atoms with Crippen LogP contribution in [0.4, 0.5) is 0 Å². The molecule has 0 aliphatic carbocycles. The van der Waals surface area contributed by atoms with E-state index >= 15 is 0 Å². The summed E-state index contributed by atoms with van der Waals surface area (Å²) in [5, 5.41) is 0. The van der Waals surface area contributed by atoms with E-state index in [0.29, 0.717) is 13.2 Å². The Labute approximate surface area is 108 Å². The lowest BCUT2D eigenvalue weighted by atomic mass is 10.1. The van der Waals surface area contributed by atoms with Crippen molar-refractivity contribution in [3.05, 3.63) is 23.8 Å². The molecule has 18 heavy (non-hydrogen) atoms. The summed E-state index contributed by atoms with van der Waals surface area (Å²) in [6, 6.07) is 5.93. The lowest BCUT2D eigenvalue weighted by Gasteiger charge is -2.17. The number of nitrogens with zero attached hydrogens (tertiary/aromatic N) is 2. The van der Waals surface area contributed by atoms with Crippen LogP contribution in [0.1, 0.15) is 19.4 Å². The summed E-state index contributed by atoms with van der Waals surface area (Å²) in [7, 11) is 2.05. The van der Waals surface area contributed by atoms with E-state index in [4.69, 9.17) is 9.47 Å². The van der Waals surface area contributed by atoms with E-state index < -0.39 is 0 Å². The Morgan fingerprint density at radius 2 is 2.00 bits per heavy atom. The molecule has 1 heterocycles. The molecule has 4 nitrogen and oxygen atoms in total. The average Bonchev–Trinajstić information content (AvgIpc) is 2.77. The van der Waals surface area contributed by atoms with Gasteiger partial charge in [-0.1, -0.05) is 0 Å². The van der Waals surface area contributed by atoms with Gasteiger partial charge in [0, 0.05) is 19.7 Å². The number of likely N-dealkylation sites (N-methyl/N-ethyl adjacent to an activating group) is 1. The molecule has 1 aliphatic heterocycles. The maximum Gasteiger partial charge on any atom is 0.134 e. The molecule has 0 atom stereocenters. The summed E-state index contributed by atoms with van der Waals surface area (Å²) in [6.45, 7) is 7.07. The number of rotatable bonds is 5. The fourth-order valence-electron chi connectivity index (χ4n) is 2.04. The summed E-state index contributed by atoms with van der Waals surface area (Å²) >= 11 is 0. The van der Waals surface area contributed by atoms with Gasteiger partial charge in [0.1, 0.15) is 17.3 Å². The lowest BCUT2D eigenvalue weighted by molar-refractivity contribution is 0.322. The van der Waals surface area contributed by atoms with Crippen molar-refractivity contribution >= 4 is 5.84 Å². The molecule has 0 radical (unpaired) electrons. The average molecular weight is 248 g/mol. The molecule has 0 bridgehead atoms. The van der Waals surface area contributed by atoms with Crippen molar-refractivity contribution in [2.45, 2.75) is 13.8 Å². The quantitative estimate of drug-likeness (QED) is 0.801. The van der Waals surface area contributed by atoms with E-state index in [1.165, 1.54) is 0 Å². The van der Waals surface area contributed by atoms with Crippen LogP contribution in [0.25, 0.3) is 0 Å². The van der Waals surface area contributed by atoms with Gasteiger partial charge in [0.15, 0.2) is 0 Å². The molecular weight excluding hydrogens is 228 g/mol. The Morgan fingerprint density at radius 3 is 2.61 bits per heavy atom. The van der Waals surface area contributed by atoms with Gasteiger partial charge in [-0.05, 0) is 26.0 Å². The number of amidine groups is 1. The van der Waals surface area contributed by atoms with Crippen LogP contribution in [0, 0.1) is 0 Å². The summed E-state index contributed by atoms with van der Waals surface area (Å²) in [4.78, 5) is 6.68. The Morgan fingerprint density at radius 1 is 1.22 bits per heavy atom. The van der Waals surface area contributed by atoms with E-state index in [1.54, 1.807) is 0 Å². The third kappa shape index (κ3) is 2.58. The van der Waals surface area contributed by atoms with Crippen LogP contribution in [0.5, 0.6) is 11.5 Å². The highest BCUT2D eigenvalue weighted by Crippen LogP contribution is 2.27. The van der Waals surface area contributed by atoms with Crippen molar-refractivity contribution in [3.8, 4) is 11.5 Å². The van der Waals surface area contributed by atoms with Gasteiger partial charge in [0.25, 0.3) is 0 Å². The minimum atomic E-state index is 0.638. The molecule has 0 saturated heterocycles. The molecule has 0 saturated carbocycles. The Kier molecular flexibility index (Phi) is 4.07. The van der Waals surface area contributed by atoms with Gasteiger partial charge < -0.3 is 14.4 Å². The first kappa shape index (κ1) is 12.7. The monoisotopic (exact) mass is 248 g/mol. The first-order valence-corrected chi connectivity index (χ1v) is 6.41. The van der Waals surface area contributed by atoms with Gasteiger partial charge in [-0.15, -0.1) is 0 Å². The summed E-state index contributed by atoms with van der Waals surface area (Å²) in [5.74, 6) is 2.68. The predicted octanol–water partition coefficient (Wildman–Crippen LogP) is 2.18. The van der Waals surface area contributed by atoms with Gasteiger partial charge in [-0.3, -0.25) is 4.99 Å². The number of hydrogen-bond donors (Lipinski definition) is 0. The van der Waals surface area contributed by atoms with E-state index in [1.807, 2.05) is 32.0 Å². The van der Waals surface area contributed by atoms with Crippen molar-refractivity contribution in [2.75, 3.05) is 33.4 Å². The highest BCUT2D eigenvalue weighted by molar-refractivity contribution is 6.02. The second-order valence-electron chi connectivity index (χ2n) is 4.15. The van der Waals surface area contributed by atoms with Gasteiger partial charge in [0.2, 0.25) is 0 Å². The third-order valence-electron chi connectivity index (χ3n) is 2.86. The molecule has 1 aromatic rings. The molecule has 1 aliphatic rings. The minimum Gasteiger partial charge on any atom is -0.494 e. The van der Waals surface area contributed by atoms with Crippen molar-refractivity contribution in [1.29, 1.82) is 0 Å². The van der Waals surface area contributed by atoms with E-state index in [2.05, 4.69) is 16.9 Å². The summed E-state index contributed by atoms with van der Waals surface area (Å²) in [6.07, 6.45) is 0. The molecular formula is C14H20N2O2. The summed E-state index contributed by atoms with van der Waals surface area (Å²) in [5.41, 5.74) is 1.04. The van der Waals surface area contributed by atoms with Gasteiger partial charge in [0.05, 0.1) is 25.3 Å². The number of aliphatic imine (C=N–C) groups is 1. The summed E-state index contributed by atoms with van der Waals surface area (Å²) < 4.78 is 11.2. The van der Waals surface area contributed by atoms with E-state index in [9.17, 15) is 0 Å². The topological polar surface area (TPSA) is 34.1 Å². The van der Waals surface area contributed by atoms with Crippen molar-refractivity contribution in [1.82, 2.24) is 4.90 Å². The zero-order valence-corrected chi connectivity index (χ0v) is 11.3. The molecule has 0 fully saturated rings. The fourth-order valence-corrected chi connectivity index (χ4v) is 2.04. The maximum absolute atomic E-state index is 5.70. The normalized spacial score (nSPS) is 14.6. The van der Waals surface area contributed by atoms with Gasteiger partial charge in [-0.2, -0.15) is 0 Å². The van der Waals surface area contributed by atoms with E-state index in [-0.39, 0.29) is 0 Å². The Bertz CT molecular complexity index is 443. The van der Waals surface area contributed by atoms with Crippen molar-refractivity contribution in [3.63, 3.8) is 0 Å². The smallest absolute Gasteiger partial charge is 0.134 e. The largest absolute Gasteiger partial charge is 0.494 e. The van der Waals surface area contributed by atoms with Crippen LogP contribution in [0.15, 0.2) is 23.2 Å². The first-order valence-electron chi connectivity index (χ1n) is 6.41. The maximum atomic E-state index is 5.70. The third-order valence-corrected chi connectivity index (χ3v) is 2.86. The molecule has 1 aromatic carbocycles. The molecule has 0 amide bonds. The molecule has 0 aromatic heterocycles. The van der Waals surface area contributed by atoms with Crippen LogP contribution in [0.2, 0.25) is 0 Å². The van der Waals surface area contributed by atoms with Crippen molar-refractivity contribution < 1.29 is 9.47 Å². The second-order valence-corrected chi connectivity index (χ2v) is 4.15. The number of hydrogen-bond acceptors (Lipinski definition) is 4. The zero-order valence-electron chi connectivity index (χ0n) is 11.3. The van der Waals surface area contributed by atoms with Crippen LogP contribution in [0.3, 0.4) is 0 Å². The molecule has 2 rings (SSSR count).